The van der Waals surface area contributed by atoms with E-state index >= 15 is 0 Å². The summed E-state index contributed by atoms with van der Waals surface area (Å²) in [6.07, 6.45) is 3.71. The van der Waals surface area contributed by atoms with Crippen LogP contribution in [0.2, 0.25) is 0 Å². The molecule has 2 atom stereocenters. The number of nitrogens with two attached hydrogens (primary N) is 1. The van der Waals surface area contributed by atoms with Crippen LogP contribution in [0.25, 0.3) is 5.69 Å². The highest BCUT2D eigenvalue weighted by molar-refractivity contribution is 5.79. The normalized spacial score (nSPS) is 13.9. The third-order valence-electron chi connectivity index (χ3n) is 3.42. The SMILES string of the molecule is Cc1nccn1-c1ccc([C@@H](C)N[C@@H](C)C(N)=O)cc1. The number of aromatic nitrogens is 2. The van der Waals surface area contributed by atoms with Crippen molar-refractivity contribution >= 4 is 5.91 Å². The van der Waals surface area contributed by atoms with Gasteiger partial charge in [0, 0.05) is 24.1 Å². The molecular weight excluding hydrogens is 252 g/mol. The number of nitrogens with zero attached hydrogens (tertiary/aromatic N) is 2. The van der Waals surface area contributed by atoms with E-state index in [1.54, 1.807) is 13.1 Å². The number of benzene rings is 1. The van der Waals surface area contributed by atoms with E-state index in [0.29, 0.717) is 0 Å². The molecule has 2 rings (SSSR count). The van der Waals surface area contributed by atoms with E-state index in [-0.39, 0.29) is 18.0 Å². The van der Waals surface area contributed by atoms with Crippen LogP contribution in [0.3, 0.4) is 0 Å². The summed E-state index contributed by atoms with van der Waals surface area (Å²) in [5, 5.41) is 3.17. The van der Waals surface area contributed by atoms with Gasteiger partial charge in [0.05, 0.1) is 6.04 Å². The van der Waals surface area contributed by atoms with E-state index in [0.717, 1.165) is 17.1 Å². The fourth-order valence-corrected chi connectivity index (χ4v) is 2.13. The molecule has 5 heteroatoms. The molecule has 3 N–H and O–H groups in total. The van der Waals surface area contributed by atoms with E-state index in [9.17, 15) is 4.79 Å². The predicted octanol–water partition coefficient (Wildman–Crippen LogP) is 1.71. The smallest absolute Gasteiger partial charge is 0.234 e. The van der Waals surface area contributed by atoms with Crippen LogP contribution in [0.4, 0.5) is 0 Å². The molecule has 0 aliphatic carbocycles. The van der Waals surface area contributed by atoms with Crippen molar-refractivity contribution in [3.8, 4) is 5.69 Å². The second-order valence-electron chi connectivity index (χ2n) is 4.95. The fourth-order valence-electron chi connectivity index (χ4n) is 2.13. The molecule has 0 saturated carbocycles. The van der Waals surface area contributed by atoms with Gasteiger partial charge in [0.15, 0.2) is 0 Å². The standard InChI is InChI=1S/C15H20N4O/c1-10(18-11(2)15(16)20)13-4-6-14(7-5-13)19-9-8-17-12(19)3/h4-11,18H,1-3H3,(H2,16,20)/t10-,11+/m1/s1. The number of hydrogen-bond donors (Lipinski definition) is 2. The van der Waals surface area contributed by atoms with Crippen molar-refractivity contribution in [3.05, 3.63) is 48.0 Å². The average molecular weight is 272 g/mol. The minimum absolute atomic E-state index is 0.0652. The number of imidazole rings is 1. The van der Waals surface area contributed by atoms with Gasteiger partial charge in [0.25, 0.3) is 0 Å². The Balaban J connectivity index is 2.12. The predicted molar refractivity (Wildman–Crippen MR) is 78.5 cm³/mol. The first-order valence-corrected chi connectivity index (χ1v) is 6.64. The summed E-state index contributed by atoms with van der Waals surface area (Å²) in [7, 11) is 0. The molecule has 2 aromatic rings. The fraction of sp³-hybridized carbons (Fsp3) is 0.333. The second kappa shape index (κ2) is 5.88. The molecule has 0 unspecified atom stereocenters. The lowest BCUT2D eigenvalue weighted by Gasteiger charge is -2.18. The molecule has 106 valence electrons. The Kier molecular flexibility index (Phi) is 4.20. The van der Waals surface area contributed by atoms with Crippen LogP contribution in [-0.2, 0) is 4.79 Å². The minimum atomic E-state index is -0.347. The Morgan fingerprint density at radius 3 is 2.45 bits per heavy atom. The Morgan fingerprint density at radius 2 is 1.95 bits per heavy atom. The Morgan fingerprint density at radius 1 is 1.30 bits per heavy atom. The van der Waals surface area contributed by atoms with Crippen molar-refractivity contribution in [1.82, 2.24) is 14.9 Å². The Hall–Kier alpha value is -2.14. The lowest BCUT2D eigenvalue weighted by atomic mass is 10.1. The van der Waals surface area contributed by atoms with Crippen LogP contribution in [0, 0.1) is 6.92 Å². The van der Waals surface area contributed by atoms with Gasteiger partial charge < -0.3 is 10.3 Å². The maximum atomic E-state index is 11.1. The summed E-state index contributed by atoms with van der Waals surface area (Å²) >= 11 is 0. The van der Waals surface area contributed by atoms with Gasteiger partial charge in [0.1, 0.15) is 5.82 Å². The molecule has 0 aliphatic heterocycles. The Bertz CT molecular complexity index is 588. The minimum Gasteiger partial charge on any atom is -0.368 e. The molecule has 1 aromatic carbocycles. The van der Waals surface area contributed by atoms with E-state index in [4.69, 9.17) is 5.73 Å². The van der Waals surface area contributed by atoms with Gasteiger partial charge in [-0.15, -0.1) is 0 Å². The quantitative estimate of drug-likeness (QED) is 0.870. The van der Waals surface area contributed by atoms with Crippen molar-refractivity contribution in [1.29, 1.82) is 0 Å². The van der Waals surface area contributed by atoms with Crippen molar-refractivity contribution in [2.45, 2.75) is 32.9 Å². The molecule has 0 saturated heterocycles. The lowest BCUT2D eigenvalue weighted by molar-refractivity contribution is -0.119. The lowest BCUT2D eigenvalue weighted by Crippen LogP contribution is -2.39. The summed E-state index contributed by atoms with van der Waals surface area (Å²) < 4.78 is 2.02. The zero-order valence-corrected chi connectivity index (χ0v) is 12.0. The molecule has 0 radical (unpaired) electrons. The van der Waals surface area contributed by atoms with E-state index < -0.39 is 0 Å². The van der Waals surface area contributed by atoms with Gasteiger partial charge in [0.2, 0.25) is 5.91 Å². The summed E-state index contributed by atoms with van der Waals surface area (Å²) in [6.45, 7) is 5.74. The number of rotatable bonds is 5. The molecule has 1 heterocycles. The molecule has 20 heavy (non-hydrogen) atoms. The number of carbonyl (C=O) groups is 1. The third kappa shape index (κ3) is 3.05. The van der Waals surface area contributed by atoms with E-state index in [2.05, 4.69) is 10.3 Å². The maximum Gasteiger partial charge on any atom is 0.234 e. The molecule has 1 aromatic heterocycles. The first-order valence-electron chi connectivity index (χ1n) is 6.64. The maximum absolute atomic E-state index is 11.1. The van der Waals surface area contributed by atoms with Crippen molar-refractivity contribution < 1.29 is 4.79 Å². The first-order chi connectivity index (χ1) is 9.49. The van der Waals surface area contributed by atoms with E-state index in [1.165, 1.54) is 0 Å². The molecule has 0 fully saturated rings. The van der Waals surface area contributed by atoms with Crippen molar-refractivity contribution in [3.63, 3.8) is 0 Å². The van der Waals surface area contributed by atoms with Crippen molar-refractivity contribution in [2.75, 3.05) is 0 Å². The van der Waals surface area contributed by atoms with Gasteiger partial charge in [-0.3, -0.25) is 10.1 Å². The van der Waals surface area contributed by atoms with Crippen LogP contribution in [0.5, 0.6) is 0 Å². The molecule has 1 amide bonds. The molecule has 0 spiro atoms. The number of nitrogens with one attached hydrogen (secondary N) is 1. The average Bonchev–Trinajstić information content (AvgIpc) is 2.85. The van der Waals surface area contributed by atoms with Crippen LogP contribution in [0.15, 0.2) is 36.7 Å². The zero-order valence-electron chi connectivity index (χ0n) is 12.0. The van der Waals surface area contributed by atoms with Gasteiger partial charge in [-0.1, -0.05) is 12.1 Å². The molecular formula is C15H20N4O. The van der Waals surface area contributed by atoms with Crippen LogP contribution in [0.1, 0.15) is 31.3 Å². The monoisotopic (exact) mass is 272 g/mol. The zero-order chi connectivity index (χ0) is 14.7. The van der Waals surface area contributed by atoms with Crippen LogP contribution >= 0.6 is 0 Å². The highest BCUT2D eigenvalue weighted by Crippen LogP contribution is 2.17. The Labute approximate surface area is 118 Å². The number of hydrogen-bond acceptors (Lipinski definition) is 3. The first kappa shape index (κ1) is 14.3. The van der Waals surface area contributed by atoms with Gasteiger partial charge in [-0.05, 0) is 38.5 Å². The number of carbonyl (C=O) groups excluding carboxylic acids is 1. The van der Waals surface area contributed by atoms with Crippen LogP contribution < -0.4 is 11.1 Å². The highest BCUT2D eigenvalue weighted by Gasteiger charge is 2.13. The van der Waals surface area contributed by atoms with Crippen molar-refractivity contribution in [2.24, 2.45) is 5.73 Å². The number of primary amides is 1. The number of amides is 1. The van der Waals surface area contributed by atoms with Gasteiger partial charge >= 0.3 is 0 Å². The van der Waals surface area contributed by atoms with Crippen LogP contribution in [-0.4, -0.2) is 21.5 Å². The highest BCUT2D eigenvalue weighted by atomic mass is 16.1. The summed E-state index contributed by atoms with van der Waals surface area (Å²) in [5.74, 6) is 0.605. The summed E-state index contributed by atoms with van der Waals surface area (Å²) in [6, 6.07) is 7.88. The molecule has 5 nitrogen and oxygen atoms in total. The third-order valence-corrected chi connectivity index (χ3v) is 3.42. The second-order valence-corrected chi connectivity index (χ2v) is 4.95. The molecule has 0 bridgehead atoms. The van der Waals surface area contributed by atoms with E-state index in [1.807, 2.05) is 48.9 Å². The van der Waals surface area contributed by atoms with Gasteiger partial charge in [-0.2, -0.15) is 0 Å². The summed E-state index contributed by atoms with van der Waals surface area (Å²) in [5.41, 5.74) is 7.43. The van der Waals surface area contributed by atoms with Gasteiger partial charge in [-0.25, -0.2) is 4.98 Å². The summed E-state index contributed by atoms with van der Waals surface area (Å²) in [4.78, 5) is 15.3. The topological polar surface area (TPSA) is 72.9 Å². The number of aryl methyl sites for hydroxylation is 1. The largest absolute Gasteiger partial charge is 0.368 e. The molecule has 0 aliphatic rings.